The maximum absolute atomic E-state index is 14.2. The fourth-order valence-corrected chi connectivity index (χ4v) is 6.36. The van der Waals surface area contributed by atoms with Crippen LogP contribution in [0.25, 0.3) is 22.2 Å². The summed E-state index contributed by atoms with van der Waals surface area (Å²) in [5.41, 5.74) is 4.97. The number of amides is 2. The van der Waals surface area contributed by atoms with Crippen molar-refractivity contribution in [3.05, 3.63) is 69.2 Å². The number of halogens is 3. The lowest BCUT2D eigenvalue weighted by Gasteiger charge is -2.30. The van der Waals surface area contributed by atoms with Gasteiger partial charge in [0.05, 0.1) is 35.4 Å². The van der Waals surface area contributed by atoms with Crippen LogP contribution in [0.5, 0.6) is 11.5 Å². The standard InChI is InChI=1S/C32H30Cl2FN5O5/c1-31(30(36)42)14-45-28-20(31)10-25(38-27(28)19-9-22(34)23(35)11-21(19)33)32(43,17-3-4-17)13-37-29(41)15-7-16-12-40(18-5-6-18)39-26(16)24(8-15)44-2/h7-12,17-18,43H,3-6,13-14H2,1-2H3,(H2,36,42)(H,37,41)/t31-,32+/m0/s1. The number of carbonyl (C=O) groups is 2. The maximum Gasteiger partial charge on any atom is 0.251 e. The average Bonchev–Trinajstić information content (AvgIpc) is 3.96. The largest absolute Gasteiger partial charge is 0.494 e. The number of primary amides is 1. The van der Waals surface area contributed by atoms with Crippen molar-refractivity contribution in [3.63, 3.8) is 0 Å². The van der Waals surface area contributed by atoms with Crippen molar-refractivity contribution in [2.75, 3.05) is 20.3 Å². The molecular formula is C32H30Cl2FN5O5. The molecule has 1 aliphatic heterocycles. The van der Waals surface area contributed by atoms with Gasteiger partial charge >= 0.3 is 0 Å². The molecule has 0 unspecified atom stereocenters. The molecule has 0 bridgehead atoms. The van der Waals surface area contributed by atoms with Crippen LogP contribution >= 0.6 is 23.2 Å². The van der Waals surface area contributed by atoms with E-state index in [0.717, 1.165) is 24.3 Å². The maximum atomic E-state index is 14.2. The number of nitrogens with two attached hydrogens (primary N) is 1. The molecule has 2 atom stereocenters. The van der Waals surface area contributed by atoms with Crippen LogP contribution in [0.4, 0.5) is 4.39 Å². The van der Waals surface area contributed by atoms with Gasteiger partial charge in [0.1, 0.15) is 46.1 Å². The number of methoxy groups -OCH3 is 1. The molecule has 2 saturated carbocycles. The van der Waals surface area contributed by atoms with Crippen molar-refractivity contribution in [1.82, 2.24) is 20.1 Å². The van der Waals surface area contributed by atoms with Crippen LogP contribution in [0.15, 0.2) is 36.5 Å². The van der Waals surface area contributed by atoms with Crippen molar-refractivity contribution >= 4 is 45.9 Å². The number of ether oxygens (including phenoxy) is 2. The number of rotatable bonds is 9. The predicted octanol–water partition coefficient (Wildman–Crippen LogP) is 5.05. The summed E-state index contributed by atoms with van der Waals surface area (Å²) in [6.45, 7) is 1.39. The zero-order chi connectivity index (χ0) is 31.8. The lowest BCUT2D eigenvalue weighted by molar-refractivity contribution is -0.123. The zero-order valence-corrected chi connectivity index (χ0v) is 26.0. The first-order valence-corrected chi connectivity index (χ1v) is 15.4. The van der Waals surface area contributed by atoms with Crippen molar-refractivity contribution in [1.29, 1.82) is 0 Å². The lowest BCUT2D eigenvalue weighted by Crippen LogP contribution is -2.44. The molecule has 3 heterocycles. The number of benzene rings is 2. The fraction of sp³-hybridized carbons (Fsp3) is 0.375. The number of pyridine rings is 1. The topological polar surface area (TPSA) is 142 Å². The number of nitrogens with one attached hydrogen (secondary N) is 1. The van der Waals surface area contributed by atoms with E-state index in [9.17, 15) is 19.1 Å². The molecular weight excluding hydrogens is 624 g/mol. The summed E-state index contributed by atoms with van der Waals surface area (Å²) in [4.78, 5) is 31.0. The lowest BCUT2D eigenvalue weighted by atomic mass is 9.81. The molecule has 2 aromatic heterocycles. The van der Waals surface area contributed by atoms with Gasteiger partial charge < -0.3 is 25.6 Å². The van der Waals surface area contributed by atoms with E-state index in [1.807, 2.05) is 10.9 Å². The van der Waals surface area contributed by atoms with E-state index in [2.05, 4.69) is 10.4 Å². The minimum absolute atomic E-state index is 0.0117. The number of hydrogen-bond donors (Lipinski definition) is 3. The van der Waals surface area contributed by atoms with E-state index >= 15 is 0 Å². The van der Waals surface area contributed by atoms with Crippen molar-refractivity contribution in [2.45, 2.75) is 49.7 Å². The summed E-state index contributed by atoms with van der Waals surface area (Å²) in [5, 5.41) is 20.4. The Labute approximate surface area is 267 Å². The Morgan fingerprint density at radius 2 is 1.96 bits per heavy atom. The Kier molecular flexibility index (Phi) is 6.99. The number of aromatic nitrogens is 3. The third-order valence-corrected chi connectivity index (χ3v) is 9.69. The van der Waals surface area contributed by atoms with Gasteiger partial charge in [-0.15, -0.1) is 0 Å². The predicted molar refractivity (Wildman–Crippen MR) is 165 cm³/mol. The highest BCUT2D eigenvalue weighted by Gasteiger charge is 2.50. The molecule has 45 heavy (non-hydrogen) atoms. The van der Waals surface area contributed by atoms with E-state index in [1.165, 1.54) is 13.2 Å². The van der Waals surface area contributed by atoms with Crippen LogP contribution < -0.4 is 20.5 Å². The summed E-state index contributed by atoms with van der Waals surface area (Å²) < 4.78 is 27.6. The van der Waals surface area contributed by atoms with Gasteiger partial charge in [-0.25, -0.2) is 9.37 Å². The number of hydrogen-bond acceptors (Lipinski definition) is 7. The molecule has 4 aromatic rings. The Morgan fingerprint density at radius 1 is 1.20 bits per heavy atom. The highest BCUT2D eigenvalue weighted by atomic mass is 35.5. The van der Waals surface area contributed by atoms with Crippen LogP contribution in [0, 0.1) is 11.7 Å². The second-order valence-corrected chi connectivity index (χ2v) is 13.1. The Morgan fingerprint density at radius 3 is 2.62 bits per heavy atom. The molecule has 2 fully saturated rings. The molecule has 7 rings (SSSR count). The van der Waals surface area contributed by atoms with Gasteiger partial charge in [0.15, 0.2) is 0 Å². The fourth-order valence-electron chi connectivity index (χ4n) is 5.95. The second kappa shape index (κ2) is 10.6. The normalized spacial score (nSPS) is 20.4. The highest BCUT2D eigenvalue weighted by molar-refractivity contribution is 6.35. The molecule has 2 aromatic carbocycles. The number of fused-ring (bicyclic) bond motifs is 2. The van der Waals surface area contributed by atoms with Crippen LogP contribution in [0.2, 0.25) is 10.0 Å². The highest BCUT2D eigenvalue weighted by Crippen LogP contribution is 2.51. The molecule has 234 valence electrons. The molecule has 0 spiro atoms. The van der Waals surface area contributed by atoms with Gasteiger partial charge in [0.25, 0.3) is 5.91 Å². The van der Waals surface area contributed by atoms with E-state index in [4.69, 9.17) is 43.4 Å². The first-order valence-electron chi connectivity index (χ1n) is 14.6. The Bertz CT molecular complexity index is 1910. The quantitative estimate of drug-likeness (QED) is 0.215. The third kappa shape index (κ3) is 4.97. The van der Waals surface area contributed by atoms with Gasteiger partial charge in [-0.2, -0.15) is 5.10 Å². The molecule has 2 amide bonds. The Hall–Kier alpha value is -3.93. The van der Waals surface area contributed by atoms with Gasteiger partial charge in [-0.1, -0.05) is 23.2 Å². The summed E-state index contributed by atoms with van der Waals surface area (Å²) in [7, 11) is 1.53. The van der Waals surface area contributed by atoms with Crippen molar-refractivity contribution < 1.29 is 28.6 Å². The van der Waals surface area contributed by atoms with E-state index in [1.54, 1.807) is 25.1 Å². The van der Waals surface area contributed by atoms with Crippen LogP contribution in [-0.2, 0) is 15.8 Å². The Balaban J connectivity index is 1.27. The van der Waals surface area contributed by atoms with E-state index < -0.39 is 28.6 Å². The van der Waals surface area contributed by atoms with E-state index in [-0.39, 0.29) is 51.8 Å². The molecule has 2 aliphatic carbocycles. The monoisotopic (exact) mass is 653 g/mol. The molecule has 3 aliphatic rings. The summed E-state index contributed by atoms with van der Waals surface area (Å²) >= 11 is 12.6. The zero-order valence-electron chi connectivity index (χ0n) is 24.5. The summed E-state index contributed by atoms with van der Waals surface area (Å²) in [6, 6.07) is 7.72. The summed E-state index contributed by atoms with van der Waals surface area (Å²) in [6.07, 6.45) is 5.41. The van der Waals surface area contributed by atoms with Crippen molar-refractivity contribution in [2.24, 2.45) is 11.7 Å². The van der Waals surface area contributed by atoms with Gasteiger partial charge in [0, 0.05) is 28.3 Å². The average molecular weight is 655 g/mol. The third-order valence-electron chi connectivity index (χ3n) is 9.09. The number of nitrogens with zero attached hydrogens (tertiary/aromatic N) is 3. The van der Waals surface area contributed by atoms with E-state index in [0.29, 0.717) is 41.3 Å². The second-order valence-electron chi connectivity index (χ2n) is 12.3. The minimum Gasteiger partial charge on any atom is -0.494 e. The molecule has 0 radical (unpaired) electrons. The minimum atomic E-state index is -1.64. The van der Waals surface area contributed by atoms with Crippen LogP contribution in [0.1, 0.15) is 60.3 Å². The molecule has 0 saturated heterocycles. The number of aliphatic hydroxyl groups is 1. The first-order chi connectivity index (χ1) is 21.4. The van der Waals surface area contributed by atoms with Gasteiger partial charge in [0.2, 0.25) is 5.91 Å². The summed E-state index contributed by atoms with van der Waals surface area (Å²) in [5.74, 6) is -1.30. The SMILES string of the molecule is COc1cc(C(=O)NC[C@](O)(c2cc3c(c(-c4cc(Cl)c(F)cc4Cl)n2)OC[C@]3(C)C(N)=O)C2CC2)cc2cn(C3CC3)nc12. The first kappa shape index (κ1) is 29.8. The molecule has 13 heteroatoms. The smallest absolute Gasteiger partial charge is 0.251 e. The van der Waals surface area contributed by atoms with Crippen molar-refractivity contribution in [3.8, 4) is 22.8 Å². The number of carbonyl (C=O) groups excluding carboxylic acids is 2. The molecule has 10 nitrogen and oxygen atoms in total. The van der Waals surface area contributed by atoms with Gasteiger partial charge in [-0.05, 0) is 68.9 Å². The molecule has 4 N–H and O–H groups in total. The van der Waals surface area contributed by atoms with Gasteiger partial charge in [-0.3, -0.25) is 14.3 Å². The van der Waals surface area contributed by atoms with Crippen LogP contribution in [0.3, 0.4) is 0 Å². The van der Waals surface area contributed by atoms with Crippen LogP contribution in [-0.4, -0.2) is 51.9 Å².